The average molecular weight is 352 g/mol. The van der Waals surface area contributed by atoms with Crippen molar-refractivity contribution in [2.75, 3.05) is 19.1 Å². The van der Waals surface area contributed by atoms with E-state index in [2.05, 4.69) is 5.32 Å². The number of carbonyl (C=O) groups is 3. The number of hydrogen-bond donors (Lipinski definition) is 1. The predicted octanol–water partition coefficient (Wildman–Crippen LogP) is 2.37. The van der Waals surface area contributed by atoms with E-state index in [1.165, 1.54) is 20.3 Å². The molecule has 0 aromatic heterocycles. The van der Waals surface area contributed by atoms with Crippen molar-refractivity contribution in [2.45, 2.75) is 0 Å². The maximum absolute atomic E-state index is 12.8. The van der Waals surface area contributed by atoms with Crippen molar-refractivity contribution in [2.24, 2.45) is 0 Å². The zero-order valence-electron chi connectivity index (χ0n) is 14.2. The Morgan fingerprint density at radius 3 is 2.31 bits per heavy atom. The average Bonchev–Trinajstić information content (AvgIpc) is 2.65. The molecule has 1 saturated heterocycles. The number of methoxy groups -OCH3 is 2. The van der Waals surface area contributed by atoms with Crippen LogP contribution in [0.5, 0.6) is 11.5 Å². The molecule has 1 aliphatic rings. The normalized spacial score (nSPS) is 15.8. The van der Waals surface area contributed by atoms with Gasteiger partial charge < -0.3 is 9.47 Å². The zero-order chi connectivity index (χ0) is 18.7. The van der Waals surface area contributed by atoms with Gasteiger partial charge in [0.15, 0.2) is 11.5 Å². The number of para-hydroxylation sites is 2. The van der Waals surface area contributed by atoms with Gasteiger partial charge >= 0.3 is 6.03 Å². The van der Waals surface area contributed by atoms with Crippen molar-refractivity contribution >= 4 is 29.6 Å². The largest absolute Gasteiger partial charge is 0.493 e. The number of imide groups is 2. The zero-order valence-corrected chi connectivity index (χ0v) is 14.2. The summed E-state index contributed by atoms with van der Waals surface area (Å²) >= 11 is 0. The minimum absolute atomic E-state index is 0.181. The second-order valence-electron chi connectivity index (χ2n) is 5.38. The molecule has 1 heterocycles. The van der Waals surface area contributed by atoms with Crippen LogP contribution in [-0.4, -0.2) is 32.1 Å². The van der Waals surface area contributed by atoms with Gasteiger partial charge in [0.1, 0.15) is 5.57 Å². The van der Waals surface area contributed by atoms with Crippen LogP contribution in [0.15, 0.2) is 54.1 Å². The van der Waals surface area contributed by atoms with E-state index in [0.29, 0.717) is 22.7 Å². The Morgan fingerprint density at radius 1 is 0.923 bits per heavy atom. The monoisotopic (exact) mass is 352 g/mol. The molecule has 4 amide bonds. The van der Waals surface area contributed by atoms with Gasteiger partial charge in [-0.2, -0.15) is 0 Å². The summed E-state index contributed by atoms with van der Waals surface area (Å²) in [5.74, 6) is -0.639. The maximum Gasteiger partial charge on any atom is 0.335 e. The fraction of sp³-hybridized carbons (Fsp3) is 0.105. The van der Waals surface area contributed by atoms with Crippen LogP contribution in [0.2, 0.25) is 0 Å². The van der Waals surface area contributed by atoms with E-state index in [1.807, 2.05) is 0 Å². The SMILES string of the molecule is COc1cccc(C=C2C(=O)NC(=O)N(c3ccccc3)C2=O)c1OC. The molecule has 132 valence electrons. The molecule has 7 nitrogen and oxygen atoms in total. The number of carbonyl (C=O) groups excluding carboxylic acids is 3. The van der Waals surface area contributed by atoms with E-state index < -0.39 is 17.8 Å². The lowest BCUT2D eigenvalue weighted by atomic mass is 10.1. The number of nitrogens with zero attached hydrogens (tertiary/aromatic N) is 1. The molecule has 1 aliphatic heterocycles. The number of anilines is 1. The number of ether oxygens (including phenoxy) is 2. The lowest BCUT2D eigenvalue weighted by molar-refractivity contribution is -0.122. The van der Waals surface area contributed by atoms with Crippen LogP contribution in [0, 0.1) is 0 Å². The summed E-state index contributed by atoms with van der Waals surface area (Å²) in [6, 6.07) is 12.7. The molecule has 1 fully saturated rings. The van der Waals surface area contributed by atoms with Crippen LogP contribution >= 0.6 is 0 Å². The van der Waals surface area contributed by atoms with E-state index in [4.69, 9.17) is 9.47 Å². The van der Waals surface area contributed by atoms with E-state index >= 15 is 0 Å². The quantitative estimate of drug-likeness (QED) is 0.674. The van der Waals surface area contributed by atoms with E-state index in [9.17, 15) is 14.4 Å². The van der Waals surface area contributed by atoms with Crippen molar-refractivity contribution in [1.82, 2.24) is 5.32 Å². The lowest BCUT2D eigenvalue weighted by Crippen LogP contribution is -2.54. The lowest BCUT2D eigenvalue weighted by Gasteiger charge is -2.26. The maximum atomic E-state index is 12.8. The summed E-state index contributed by atoms with van der Waals surface area (Å²) in [6.45, 7) is 0. The number of barbiturate groups is 1. The second-order valence-corrected chi connectivity index (χ2v) is 5.38. The molecule has 26 heavy (non-hydrogen) atoms. The molecule has 0 atom stereocenters. The first-order valence-corrected chi connectivity index (χ1v) is 7.74. The Morgan fingerprint density at radius 2 is 1.65 bits per heavy atom. The molecule has 0 radical (unpaired) electrons. The van der Waals surface area contributed by atoms with Gasteiger partial charge in [-0.3, -0.25) is 14.9 Å². The van der Waals surface area contributed by atoms with Crippen molar-refractivity contribution in [1.29, 1.82) is 0 Å². The molecule has 0 spiro atoms. The molecule has 3 rings (SSSR count). The topological polar surface area (TPSA) is 84.9 Å². The molecule has 0 unspecified atom stereocenters. The van der Waals surface area contributed by atoms with Crippen molar-refractivity contribution < 1.29 is 23.9 Å². The van der Waals surface area contributed by atoms with Gasteiger partial charge in [0.2, 0.25) is 0 Å². The number of rotatable bonds is 4. The highest BCUT2D eigenvalue weighted by Crippen LogP contribution is 2.33. The number of benzene rings is 2. The summed E-state index contributed by atoms with van der Waals surface area (Å²) in [5, 5.41) is 2.18. The third-order valence-electron chi connectivity index (χ3n) is 3.85. The third-order valence-corrected chi connectivity index (χ3v) is 3.85. The highest BCUT2D eigenvalue weighted by molar-refractivity contribution is 6.39. The Kier molecular flexibility index (Phi) is 4.70. The fourth-order valence-electron chi connectivity index (χ4n) is 2.65. The Labute approximate surface area is 149 Å². The van der Waals surface area contributed by atoms with Crippen LogP contribution < -0.4 is 19.7 Å². The van der Waals surface area contributed by atoms with Crippen LogP contribution in [0.25, 0.3) is 6.08 Å². The number of hydrogen-bond acceptors (Lipinski definition) is 5. The van der Waals surface area contributed by atoms with Gasteiger partial charge in [0.05, 0.1) is 19.9 Å². The van der Waals surface area contributed by atoms with Crippen LogP contribution in [0.3, 0.4) is 0 Å². The molecular formula is C19H16N2O5. The first kappa shape index (κ1) is 17.2. The van der Waals surface area contributed by atoms with Crippen LogP contribution in [-0.2, 0) is 9.59 Å². The van der Waals surface area contributed by atoms with Gasteiger partial charge in [-0.25, -0.2) is 9.69 Å². The molecule has 1 N–H and O–H groups in total. The first-order valence-electron chi connectivity index (χ1n) is 7.74. The Hall–Kier alpha value is -3.61. The summed E-state index contributed by atoms with van der Waals surface area (Å²) in [6.07, 6.45) is 1.38. The molecule has 0 saturated carbocycles. The van der Waals surface area contributed by atoms with Crippen molar-refractivity contribution in [3.63, 3.8) is 0 Å². The fourth-order valence-corrected chi connectivity index (χ4v) is 2.65. The highest BCUT2D eigenvalue weighted by Gasteiger charge is 2.36. The minimum atomic E-state index is -0.791. The standard InChI is InChI=1S/C19H16N2O5/c1-25-15-10-6-7-12(16(15)26-2)11-14-17(22)20-19(24)21(18(14)23)13-8-4-3-5-9-13/h3-11H,1-2H3,(H,20,22,24). The second kappa shape index (κ2) is 7.10. The smallest absolute Gasteiger partial charge is 0.335 e. The molecule has 7 heteroatoms. The van der Waals surface area contributed by atoms with Gasteiger partial charge in [-0.15, -0.1) is 0 Å². The van der Waals surface area contributed by atoms with Crippen LogP contribution in [0.1, 0.15) is 5.56 Å². The van der Waals surface area contributed by atoms with Crippen molar-refractivity contribution in [3.8, 4) is 11.5 Å². The Balaban J connectivity index is 2.07. The third kappa shape index (κ3) is 3.02. The summed E-state index contributed by atoms with van der Waals surface area (Å²) in [7, 11) is 2.95. The van der Waals surface area contributed by atoms with Gasteiger partial charge in [-0.05, 0) is 24.3 Å². The molecule has 2 aromatic carbocycles. The molecule has 0 bridgehead atoms. The number of nitrogens with one attached hydrogen (secondary N) is 1. The number of urea groups is 1. The van der Waals surface area contributed by atoms with Gasteiger partial charge in [0, 0.05) is 5.56 Å². The summed E-state index contributed by atoms with van der Waals surface area (Å²) < 4.78 is 10.5. The molecule has 0 aliphatic carbocycles. The van der Waals surface area contributed by atoms with Gasteiger partial charge in [0.25, 0.3) is 11.8 Å². The first-order chi connectivity index (χ1) is 12.6. The highest BCUT2D eigenvalue weighted by atomic mass is 16.5. The Bertz CT molecular complexity index is 905. The predicted molar refractivity (Wildman–Crippen MR) is 95.0 cm³/mol. The minimum Gasteiger partial charge on any atom is -0.493 e. The summed E-state index contributed by atoms with van der Waals surface area (Å²) in [5.41, 5.74) is 0.665. The number of amides is 4. The van der Waals surface area contributed by atoms with E-state index in [-0.39, 0.29) is 5.57 Å². The molecule has 2 aromatic rings. The molecular weight excluding hydrogens is 336 g/mol. The van der Waals surface area contributed by atoms with E-state index in [0.717, 1.165) is 4.90 Å². The van der Waals surface area contributed by atoms with E-state index in [1.54, 1.807) is 48.5 Å². The van der Waals surface area contributed by atoms with Gasteiger partial charge in [-0.1, -0.05) is 30.3 Å². The van der Waals surface area contributed by atoms with Crippen LogP contribution in [0.4, 0.5) is 10.5 Å². The van der Waals surface area contributed by atoms with Crippen molar-refractivity contribution in [3.05, 3.63) is 59.7 Å². The summed E-state index contributed by atoms with van der Waals surface area (Å²) in [4.78, 5) is 38.1.